The third kappa shape index (κ3) is 4.39. The fraction of sp³-hybridized carbons (Fsp3) is 0.444. The first-order valence-corrected chi connectivity index (χ1v) is 9.04. The van der Waals surface area contributed by atoms with Crippen molar-refractivity contribution >= 4 is 17.2 Å². The maximum atomic E-state index is 12.9. The number of thiazole rings is 1. The highest BCUT2D eigenvalue weighted by Gasteiger charge is 2.29. The van der Waals surface area contributed by atoms with E-state index in [4.69, 9.17) is 0 Å². The maximum absolute atomic E-state index is 12.9. The second kappa shape index (κ2) is 7.40. The molecule has 1 fully saturated rings. The van der Waals surface area contributed by atoms with E-state index in [1.165, 1.54) is 36.3 Å². The smallest absolute Gasteiger partial charge is 0.263 e. The number of nitrogens with zero attached hydrogens (tertiary/aromatic N) is 2. The quantitative estimate of drug-likeness (QED) is 0.837. The Morgan fingerprint density at radius 3 is 2.79 bits per heavy atom. The number of halogens is 1. The predicted octanol–water partition coefficient (Wildman–Crippen LogP) is 3.09. The van der Waals surface area contributed by atoms with E-state index in [0.717, 1.165) is 10.6 Å². The van der Waals surface area contributed by atoms with Crippen LogP contribution in [0.3, 0.4) is 0 Å². The molecule has 3 rings (SSSR count). The van der Waals surface area contributed by atoms with Gasteiger partial charge in [0.1, 0.15) is 10.7 Å². The van der Waals surface area contributed by atoms with Crippen LogP contribution in [-0.4, -0.2) is 41.5 Å². The van der Waals surface area contributed by atoms with Crippen molar-refractivity contribution in [3.8, 4) is 0 Å². The Hall–Kier alpha value is -1.79. The van der Waals surface area contributed by atoms with Crippen LogP contribution < -0.4 is 5.32 Å². The first-order chi connectivity index (χ1) is 11.5. The number of amides is 1. The standard InChI is InChI=1S/C18H22FN3OS/c1-12(22(2)15-7-8-15)10-21-18(23)16-11-20-17(24-16)9-13-3-5-14(19)6-4-13/h3-6,11-12,15H,7-10H2,1-2H3,(H,21,23)/t12-/m1/s1. The lowest BCUT2D eigenvalue weighted by atomic mass is 10.2. The van der Waals surface area contributed by atoms with E-state index in [1.807, 2.05) is 0 Å². The average molecular weight is 347 g/mol. The number of rotatable bonds is 7. The molecule has 0 aliphatic heterocycles. The molecule has 0 bridgehead atoms. The molecule has 2 aromatic rings. The summed E-state index contributed by atoms with van der Waals surface area (Å²) < 4.78 is 12.9. The summed E-state index contributed by atoms with van der Waals surface area (Å²) in [6.07, 6.45) is 4.75. The summed E-state index contributed by atoms with van der Waals surface area (Å²) in [7, 11) is 2.11. The molecule has 24 heavy (non-hydrogen) atoms. The Labute approximate surface area is 145 Å². The Morgan fingerprint density at radius 1 is 1.42 bits per heavy atom. The summed E-state index contributed by atoms with van der Waals surface area (Å²) in [5.41, 5.74) is 0.984. The van der Waals surface area contributed by atoms with Gasteiger partial charge >= 0.3 is 0 Å². The van der Waals surface area contributed by atoms with Gasteiger partial charge in [0, 0.05) is 25.0 Å². The maximum Gasteiger partial charge on any atom is 0.263 e. The summed E-state index contributed by atoms with van der Waals surface area (Å²) in [5, 5.41) is 3.84. The summed E-state index contributed by atoms with van der Waals surface area (Å²) >= 11 is 1.39. The third-order valence-corrected chi connectivity index (χ3v) is 5.42. The van der Waals surface area contributed by atoms with E-state index < -0.39 is 0 Å². The highest BCUT2D eigenvalue weighted by molar-refractivity contribution is 7.13. The van der Waals surface area contributed by atoms with Crippen LogP contribution in [-0.2, 0) is 6.42 Å². The molecule has 0 radical (unpaired) electrons. The molecule has 1 aliphatic rings. The van der Waals surface area contributed by atoms with Gasteiger partial charge in [-0.1, -0.05) is 12.1 Å². The normalized spacial score (nSPS) is 15.5. The van der Waals surface area contributed by atoms with E-state index in [9.17, 15) is 9.18 Å². The SMILES string of the molecule is C[C@H](CNC(=O)c1cnc(Cc2ccc(F)cc2)s1)N(C)C1CC1. The van der Waals surface area contributed by atoms with E-state index in [-0.39, 0.29) is 11.7 Å². The van der Waals surface area contributed by atoms with Gasteiger partial charge < -0.3 is 5.32 Å². The molecule has 0 unspecified atom stereocenters. The van der Waals surface area contributed by atoms with Crippen LogP contribution in [0.1, 0.15) is 40.0 Å². The number of hydrogen-bond donors (Lipinski definition) is 1. The van der Waals surface area contributed by atoms with Crippen molar-refractivity contribution in [2.45, 2.75) is 38.3 Å². The molecule has 1 heterocycles. The summed E-state index contributed by atoms with van der Waals surface area (Å²) in [6, 6.07) is 7.37. The Bertz CT molecular complexity index is 697. The molecule has 4 nitrogen and oxygen atoms in total. The fourth-order valence-electron chi connectivity index (χ4n) is 2.59. The molecule has 1 aliphatic carbocycles. The number of likely N-dealkylation sites (N-methyl/N-ethyl adjacent to an activating group) is 1. The van der Waals surface area contributed by atoms with Gasteiger partial charge in [-0.2, -0.15) is 0 Å². The number of carbonyl (C=O) groups is 1. The zero-order valence-electron chi connectivity index (χ0n) is 14.0. The lowest BCUT2D eigenvalue weighted by Gasteiger charge is -2.24. The third-order valence-electron chi connectivity index (χ3n) is 4.42. The van der Waals surface area contributed by atoms with Crippen molar-refractivity contribution in [2.75, 3.05) is 13.6 Å². The first-order valence-electron chi connectivity index (χ1n) is 8.22. The van der Waals surface area contributed by atoms with Crippen molar-refractivity contribution in [3.63, 3.8) is 0 Å². The molecule has 1 aromatic carbocycles. The molecular weight excluding hydrogens is 325 g/mol. The zero-order valence-corrected chi connectivity index (χ0v) is 14.8. The van der Waals surface area contributed by atoms with Gasteiger partial charge in [-0.25, -0.2) is 9.37 Å². The Balaban J connectivity index is 1.52. The fourth-order valence-corrected chi connectivity index (χ4v) is 3.46. The monoisotopic (exact) mass is 347 g/mol. The molecule has 1 atom stereocenters. The topological polar surface area (TPSA) is 45.2 Å². The summed E-state index contributed by atoms with van der Waals surface area (Å²) in [4.78, 5) is 19.5. The molecule has 128 valence electrons. The van der Waals surface area contributed by atoms with Gasteiger partial charge in [-0.05, 0) is 44.5 Å². The van der Waals surface area contributed by atoms with Gasteiger partial charge in [0.2, 0.25) is 0 Å². The predicted molar refractivity (Wildman–Crippen MR) is 93.9 cm³/mol. The largest absolute Gasteiger partial charge is 0.350 e. The van der Waals surface area contributed by atoms with Gasteiger partial charge in [-0.3, -0.25) is 9.69 Å². The van der Waals surface area contributed by atoms with E-state index >= 15 is 0 Å². The molecular formula is C18H22FN3OS. The number of carbonyl (C=O) groups excluding carboxylic acids is 1. The highest BCUT2D eigenvalue weighted by atomic mass is 32.1. The van der Waals surface area contributed by atoms with Crippen molar-refractivity contribution in [1.29, 1.82) is 0 Å². The van der Waals surface area contributed by atoms with Gasteiger partial charge in [0.05, 0.1) is 11.2 Å². The minimum atomic E-state index is -0.247. The van der Waals surface area contributed by atoms with Gasteiger partial charge in [0.25, 0.3) is 5.91 Å². The molecule has 1 N–H and O–H groups in total. The average Bonchev–Trinajstić information content (AvgIpc) is 3.33. The van der Waals surface area contributed by atoms with Crippen LogP contribution in [0.4, 0.5) is 4.39 Å². The number of hydrogen-bond acceptors (Lipinski definition) is 4. The minimum Gasteiger partial charge on any atom is -0.350 e. The van der Waals surface area contributed by atoms with Crippen molar-refractivity contribution < 1.29 is 9.18 Å². The van der Waals surface area contributed by atoms with Gasteiger partial charge in [0.15, 0.2) is 0 Å². The van der Waals surface area contributed by atoms with Crippen LogP contribution in [0.15, 0.2) is 30.5 Å². The molecule has 6 heteroatoms. The van der Waals surface area contributed by atoms with E-state index in [0.29, 0.717) is 29.9 Å². The molecule has 0 saturated heterocycles. The first kappa shape index (κ1) is 17.0. The van der Waals surface area contributed by atoms with E-state index in [1.54, 1.807) is 18.3 Å². The lowest BCUT2D eigenvalue weighted by Crippen LogP contribution is -2.41. The zero-order chi connectivity index (χ0) is 17.1. The lowest BCUT2D eigenvalue weighted by molar-refractivity contribution is 0.0943. The summed E-state index contributed by atoms with van der Waals surface area (Å²) in [5.74, 6) is -0.322. The Morgan fingerprint density at radius 2 is 2.12 bits per heavy atom. The van der Waals surface area contributed by atoms with Crippen LogP contribution >= 0.6 is 11.3 Å². The van der Waals surface area contributed by atoms with Crippen LogP contribution in [0.5, 0.6) is 0 Å². The van der Waals surface area contributed by atoms with Crippen molar-refractivity contribution in [1.82, 2.24) is 15.2 Å². The van der Waals surface area contributed by atoms with Crippen molar-refractivity contribution in [2.24, 2.45) is 0 Å². The highest BCUT2D eigenvalue weighted by Crippen LogP contribution is 2.26. The second-order valence-corrected chi connectivity index (χ2v) is 7.49. The number of nitrogens with one attached hydrogen (secondary N) is 1. The molecule has 1 saturated carbocycles. The number of aromatic nitrogens is 1. The van der Waals surface area contributed by atoms with Gasteiger partial charge in [-0.15, -0.1) is 11.3 Å². The molecule has 1 aromatic heterocycles. The van der Waals surface area contributed by atoms with Crippen LogP contribution in [0.2, 0.25) is 0 Å². The number of benzene rings is 1. The van der Waals surface area contributed by atoms with Crippen LogP contribution in [0.25, 0.3) is 0 Å². The van der Waals surface area contributed by atoms with E-state index in [2.05, 4.69) is 29.2 Å². The molecule has 1 amide bonds. The Kier molecular flexibility index (Phi) is 5.26. The van der Waals surface area contributed by atoms with Crippen LogP contribution in [0, 0.1) is 5.82 Å². The second-order valence-electron chi connectivity index (χ2n) is 6.38. The minimum absolute atomic E-state index is 0.0751. The summed E-state index contributed by atoms with van der Waals surface area (Å²) in [6.45, 7) is 2.77. The van der Waals surface area contributed by atoms with Crippen molar-refractivity contribution in [3.05, 3.63) is 51.7 Å². The molecule has 0 spiro atoms.